The number of ether oxygens (including phenoxy) is 2. The fourth-order valence-corrected chi connectivity index (χ4v) is 4.12. The van der Waals surface area contributed by atoms with Gasteiger partial charge in [0.2, 0.25) is 17.8 Å². The molecule has 9 nitrogen and oxygen atoms in total. The molecule has 0 unspecified atom stereocenters. The Bertz CT molecular complexity index is 593. The van der Waals surface area contributed by atoms with Crippen molar-refractivity contribution < 1.29 is 9.47 Å². The van der Waals surface area contributed by atoms with Gasteiger partial charge in [-0.25, -0.2) is 0 Å². The first-order chi connectivity index (χ1) is 14.8. The maximum absolute atomic E-state index is 5.57. The van der Waals surface area contributed by atoms with E-state index in [0.29, 0.717) is 69.3 Å². The van der Waals surface area contributed by atoms with Gasteiger partial charge in [-0.05, 0) is 31.6 Å². The van der Waals surface area contributed by atoms with Crippen LogP contribution in [-0.4, -0.2) is 67.1 Å². The third-order valence-corrected chi connectivity index (χ3v) is 5.76. The molecule has 0 atom stereocenters. The number of hydrogen-bond acceptors (Lipinski definition) is 9. The summed E-state index contributed by atoms with van der Waals surface area (Å²) in [5, 5.41) is 10.2. The van der Waals surface area contributed by atoms with Crippen molar-refractivity contribution in [2.75, 3.05) is 62.0 Å². The summed E-state index contributed by atoms with van der Waals surface area (Å²) in [5.74, 6) is 2.60. The molecule has 0 aliphatic heterocycles. The normalized spacial score (nSPS) is 17.9. The Balaban J connectivity index is 1.48. The Morgan fingerprint density at radius 1 is 0.733 bits per heavy atom. The van der Waals surface area contributed by atoms with E-state index < -0.39 is 0 Å². The SMILES string of the molecule is NCCOCCOCCNc1nc(NCC2CCCCC2)nc(NC2CCCC2)n1. The van der Waals surface area contributed by atoms with Crippen LogP contribution in [0.15, 0.2) is 0 Å². The van der Waals surface area contributed by atoms with Crippen LogP contribution in [0.25, 0.3) is 0 Å². The van der Waals surface area contributed by atoms with E-state index in [0.717, 1.165) is 6.54 Å². The van der Waals surface area contributed by atoms with Gasteiger partial charge in [0.05, 0.1) is 26.4 Å². The third-order valence-electron chi connectivity index (χ3n) is 5.76. The smallest absolute Gasteiger partial charge is 0.229 e. The molecule has 1 heterocycles. The van der Waals surface area contributed by atoms with Crippen molar-refractivity contribution >= 4 is 17.8 Å². The van der Waals surface area contributed by atoms with Crippen LogP contribution in [0.4, 0.5) is 17.8 Å². The molecule has 0 saturated heterocycles. The molecule has 0 spiro atoms. The van der Waals surface area contributed by atoms with Crippen LogP contribution >= 0.6 is 0 Å². The molecule has 2 aliphatic carbocycles. The molecule has 170 valence electrons. The number of aromatic nitrogens is 3. The van der Waals surface area contributed by atoms with Crippen molar-refractivity contribution in [2.24, 2.45) is 11.7 Å². The van der Waals surface area contributed by atoms with Crippen molar-refractivity contribution in [2.45, 2.75) is 63.8 Å². The van der Waals surface area contributed by atoms with Gasteiger partial charge in [0, 0.05) is 25.7 Å². The summed E-state index contributed by atoms with van der Waals surface area (Å²) in [6, 6.07) is 0.461. The second-order valence-electron chi connectivity index (χ2n) is 8.26. The molecular weight excluding hydrogens is 382 g/mol. The van der Waals surface area contributed by atoms with E-state index in [1.54, 1.807) is 0 Å². The van der Waals surface area contributed by atoms with Gasteiger partial charge in [0.25, 0.3) is 0 Å². The quantitative estimate of drug-likeness (QED) is 0.336. The minimum atomic E-state index is 0.461. The fourth-order valence-electron chi connectivity index (χ4n) is 4.12. The first kappa shape index (κ1) is 23.0. The average Bonchev–Trinajstić information content (AvgIpc) is 3.28. The monoisotopic (exact) mass is 421 g/mol. The van der Waals surface area contributed by atoms with Crippen LogP contribution < -0.4 is 21.7 Å². The maximum atomic E-state index is 5.57. The van der Waals surface area contributed by atoms with Crippen molar-refractivity contribution in [1.29, 1.82) is 0 Å². The molecule has 0 aromatic carbocycles. The Hall–Kier alpha value is -1.71. The van der Waals surface area contributed by atoms with Crippen LogP contribution in [0.2, 0.25) is 0 Å². The van der Waals surface area contributed by atoms with E-state index in [-0.39, 0.29) is 0 Å². The van der Waals surface area contributed by atoms with Crippen LogP contribution in [0.3, 0.4) is 0 Å². The van der Waals surface area contributed by atoms with Gasteiger partial charge in [-0.2, -0.15) is 15.0 Å². The van der Waals surface area contributed by atoms with Crippen LogP contribution in [0, 0.1) is 5.92 Å². The second kappa shape index (κ2) is 13.6. The van der Waals surface area contributed by atoms with E-state index >= 15 is 0 Å². The number of nitrogens with two attached hydrogens (primary N) is 1. The highest BCUT2D eigenvalue weighted by atomic mass is 16.5. The van der Waals surface area contributed by atoms with E-state index in [1.807, 2.05) is 0 Å². The largest absolute Gasteiger partial charge is 0.378 e. The Morgan fingerprint density at radius 2 is 1.37 bits per heavy atom. The minimum Gasteiger partial charge on any atom is -0.378 e. The molecule has 1 aromatic rings. The van der Waals surface area contributed by atoms with E-state index in [2.05, 4.69) is 30.9 Å². The van der Waals surface area contributed by atoms with Crippen molar-refractivity contribution in [3.63, 3.8) is 0 Å². The highest BCUT2D eigenvalue weighted by molar-refractivity contribution is 5.42. The van der Waals surface area contributed by atoms with Crippen molar-refractivity contribution in [3.05, 3.63) is 0 Å². The van der Waals surface area contributed by atoms with Gasteiger partial charge in [-0.3, -0.25) is 0 Å². The van der Waals surface area contributed by atoms with Gasteiger partial charge in [0.15, 0.2) is 0 Å². The predicted molar refractivity (Wildman–Crippen MR) is 120 cm³/mol. The fraction of sp³-hybridized carbons (Fsp3) is 0.857. The summed E-state index contributed by atoms with van der Waals surface area (Å²) >= 11 is 0. The van der Waals surface area contributed by atoms with Crippen molar-refractivity contribution in [3.8, 4) is 0 Å². The summed E-state index contributed by atoms with van der Waals surface area (Å²) in [6.07, 6.45) is 11.5. The average molecular weight is 422 g/mol. The summed E-state index contributed by atoms with van der Waals surface area (Å²) in [7, 11) is 0. The summed E-state index contributed by atoms with van der Waals surface area (Å²) in [6.45, 7) is 4.35. The van der Waals surface area contributed by atoms with Gasteiger partial charge in [-0.15, -0.1) is 0 Å². The third kappa shape index (κ3) is 8.57. The Labute approximate surface area is 180 Å². The molecule has 9 heteroatoms. The lowest BCUT2D eigenvalue weighted by Gasteiger charge is -2.22. The molecule has 0 bridgehead atoms. The zero-order chi connectivity index (χ0) is 20.9. The molecule has 3 rings (SSSR count). The molecule has 2 fully saturated rings. The van der Waals surface area contributed by atoms with Crippen molar-refractivity contribution in [1.82, 2.24) is 15.0 Å². The Morgan fingerprint density at radius 3 is 2.10 bits per heavy atom. The standard InChI is InChI=1S/C21H39N7O2/c22-10-12-29-14-15-30-13-11-23-19-26-20(24-16-17-6-2-1-3-7-17)28-21(27-19)25-18-8-4-5-9-18/h17-18H,1-16,22H2,(H3,23,24,25,26,27,28). The number of rotatable bonds is 14. The maximum Gasteiger partial charge on any atom is 0.229 e. The number of anilines is 3. The Kier molecular flexibility index (Phi) is 10.4. The van der Waals surface area contributed by atoms with E-state index in [4.69, 9.17) is 15.2 Å². The van der Waals surface area contributed by atoms with Gasteiger partial charge >= 0.3 is 0 Å². The number of nitrogens with zero attached hydrogens (tertiary/aromatic N) is 3. The summed E-state index contributed by atoms with van der Waals surface area (Å²) in [5.41, 5.74) is 5.39. The lowest BCUT2D eigenvalue weighted by Crippen LogP contribution is -2.22. The zero-order valence-corrected chi connectivity index (χ0v) is 18.2. The number of nitrogens with one attached hydrogen (secondary N) is 3. The molecule has 2 aliphatic rings. The molecule has 30 heavy (non-hydrogen) atoms. The topological polar surface area (TPSA) is 119 Å². The predicted octanol–water partition coefficient (Wildman–Crippen LogP) is 2.62. The van der Waals surface area contributed by atoms with Crippen LogP contribution in [-0.2, 0) is 9.47 Å². The molecule has 2 saturated carbocycles. The minimum absolute atomic E-state index is 0.461. The summed E-state index contributed by atoms with van der Waals surface area (Å²) < 4.78 is 10.9. The summed E-state index contributed by atoms with van der Waals surface area (Å²) in [4.78, 5) is 13.8. The second-order valence-corrected chi connectivity index (χ2v) is 8.26. The number of hydrogen-bond donors (Lipinski definition) is 4. The van der Waals surface area contributed by atoms with Gasteiger partial charge in [0.1, 0.15) is 0 Å². The molecule has 0 amide bonds. The molecule has 0 radical (unpaired) electrons. The first-order valence-electron chi connectivity index (χ1n) is 11.7. The van der Waals surface area contributed by atoms with Gasteiger partial charge < -0.3 is 31.2 Å². The lowest BCUT2D eigenvalue weighted by molar-refractivity contribution is 0.0547. The highest BCUT2D eigenvalue weighted by Crippen LogP contribution is 2.24. The first-order valence-corrected chi connectivity index (χ1v) is 11.7. The van der Waals surface area contributed by atoms with Crippen LogP contribution in [0.1, 0.15) is 57.8 Å². The van der Waals surface area contributed by atoms with Gasteiger partial charge in [-0.1, -0.05) is 32.1 Å². The van der Waals surface area contributed by atoms with E-state index in [1.165, 1.54) is 57.8 Å². The van der Waals surface area contributed by atoms with E-state index in [9.17, 15) is 0 Å². The molecular formula is C21H39N7O2. The lowest BCUT2D eigenvalue weighted by atomic mass is 9.89. The van der Waals surface area contributed by atoms with Crippen LogP contribution in [0.5, 0.6) is 0 Å². The highest BCUT2D eigenvalue weighted by Gasteiger charge is 2.18. The zero-order valence-electron chi connectivity index (χ0n) is 18.2. The molecule has 5 N–H and O–H groups in total. The molecule has 1 aromatic heterocycles.